The minimum atomic E-state index is 0. The summed E-state index contributed by atoms with van der Waals surface area (Å²) >= 11 is 5.46. The van der Waals surface area contributed by atoms with Gasteiger partial charge < -0.3 is 17.4 Å². The molecule has 1 aromatic rings. The molecule has 1 aromatic heterocycles. The van der Waals surface area contributed by atoms with E-state index in [0.717, 1.165) is 0 Å². The van der Waals surface area contributed by atoms with Crippen LogP contribution in [0.1, 0.15) is 5.56 Å². The molecule has 0 N–H and O–H groups in total. The van der Waals surface area contributed by atoms with Crippen molar-refractivity contribution in [3.63, 3.8) is 0 Å². The van der Waals surface area contributed by atoms with E-state index in [1.54, 1.807) is 12.1 Å². The van der Waals surface area contributed by atoms with E-state index in [2.05, 4.69) is 11.2 Å². The van der Waals surface area contributed by atoms with Gasteiger partial charge in [0.15, 0.2) is 0 Å². The van der Waals surface area contributed by atoms with Crippen molar-refractivity contribution in [1.82, 2.24) is 4.98 Å². The minimum absolute atomic E-state index is 0. The van der Waals surface area contributed by atoms with Crippen LogP contribution >= 0.6 is 11.6 Å². The van der Waals surface area contributed by atoms with Crippen LogP contribution in [0.2, 0.25) is 5.15 Å². The summed E-state index contributed by atoms with van der Waals surface area (Å²) in [6.07, 6.45) is 2.50. The fourth-order valence-electron chi connectivity index (χ4n) is 0.427. The molecule has 0 amide bonds. The van der Waals surface area contributed by atoms with Gasteiger partial charge in [-0.3, -0.25) is 0 Å². The average Bonchev–Trinajstić information content (AvgIpc) is 1.89. The van der Waals surface area contributed by atoms with Crippen molar-refractivity contribution < 1.29 is 12.4 Å². The first kappa shape index (κ1) is 13.6. The van der Waals surface area contributed by atoms with E-state index in [0.29, 0.717) is 5.56 Å². The van der Waals surface area contributed by atoms with Gasteiger partial charge in [0, 0.05) is 5.15 Å². The molecule has 0 bridgehead atoms. The Morgan fingerprint density at radius 3 is 2.64 bits per heavy atom. The van der Waals surface area contributed by atoms with E-state index in [-0.39, 0.29) is 40.6 Å². The molecule has 0 aliphatic heterocycles. The summed E-state index contributed by atoms with van der Waals surface area (Å²) in [4.78, 5) is 3.57. The molecule has 0 aliphatic rings. The molecular formula is C6H2Cl2MgN2. The number of nitriles is 1. The number of nitrogens with zero attached hydrogens (tertiary/aromatic N) is 2. The van der Waals surface area contributed by atoms with Crippen LogP contribution in [0.25, 0.3) is 0 Å². The fraction of sp³-hybridized carbons (Fsp3) is 0. The van der Waals surface area contributed by atoms with Gasteiger partial charge in [-0.05, 0) is 5.56 Å². The van der Waals surface area contributed by atoms with E-state index >= 15 is 0 Å². The molecule has 11 heavy (non-hydrogen) atoms. The standard InChI is InChI=1S/C6H2ClN2.ClH.Mg/c7-6-5(4-8)2-1-3-9-6;;/h1-2H;1H;/q-1;;+2/p-1. The summed E-state index contributed by atoms with van der Waals surface area (Å²) < 4.78 is 0. The molecular weight excluding hydrogens is 195 g/mol. The van der Waals surface area contributed by atoms with Gasteiger partial charge in [-0.15, -0.1) is 17.7 Å². The molecule has 0 aliphatic carbocycles. The zero-order valence-corrected chi connectivity index (χ0v) is 8.44. The van der Waals surface area contributed by atoms with Gasteiger partial charge in [0.2, 0.25) is 0 Å². The fourth-order valence-corrected chi connectivity index (χ4v) is 0.581. The molecule has 0 unspecified atom stereocenters. The Kier molecular flexibility index (Phi) is 8.24. The zero-order chi connectivity index (χ0) is 6.69. The molecule has 0 radical (unpaired) electrons. The van der Waals surface area contributed by atoms with E-state index in [4.69, 9.17) is 16.9 Å². The molecule has 0 spiro atoms. The number of hydrogen-bond acceptors (Lipinski definition) is 2. The largest absolute Gasteiger partial charge is 2.00 e. The van der Waals surface area contributed by atoms with Gasteiger partial charge in [0.1, 0.15) is 0 Å². The van der Waals surface area contributed by atoms with Crippen LogP contribution in [0.4, 0.5) is 0 Å². The maximum Gasteiger partial charge on any atom is 2.00 e. The number of halogens is 2. The maximum absolute atomic E-state index is 8.33. The quantitative estimate of drug-likeness (QED) is 0.275. The normalized spacial score (nSPS) is 6.91. The zero-order valence-electron chi connectivity index (χ0n) is 5.51. The molecule has 1 heterocycles. The van der Waals surface area contributed by atoms with Crippen molar-refractivity contribution in [2.45, 2.75) is 0 Å². The first-order valence-corrected chi connectivity index (χ1v) is 2.65. The molecule has 1 rings (SSSR count). The predicted octanol–water partition coefficient (Wildman–Crippen LogP) is -1.97. The van der Waals surface area contributed by atoms with E-state index in [9.17, 15) is 0 Å². The van der Waals surface area contributed by atoms with Gasteiger partial charge in [-0.2, -0.15) is 11.3 Å². The van der Waals surface area contributed by atoms with Crippen molar-refractivity contribution in [2.24, 2.45) is 0 Å². The first-order valence-electron chi connectivity index (χ1n) is 2.27. The third-order valence-corrected chi connectivity index (χ3v) is 1.12. The summed E-state index contributed by atoms with van der Waals surface area (Å²) in [6, 6.07) is 4.99. The van der Waals surface area contributed by atoms with Crippen molar-refractivity contribution in [3.05, 3.63) is 29.0 Å². The number of hydrogen-bond donors (Lipinski definition) is 0. The SMILES string of the molecule is N#Cc1cc[c-]nc1Cl.[Cl-].[Mg+2]. The average molecular weight is 197 g/mol. The van der Waals surface area contributed by atoms with E-state index in [1.165, 1.54) is 0 Å². The third-order valence-electron chi connectivity index (χ3n) is 0.830. The van der Waals surface area contributed by atoms with Crippen LogP contribution in [0.15, 0.2) is 12.1 Å². The van der Waals surface area contributed by atoms with Crippen LogP contribution < -0.4 is 12.4 Å². The number of pyridine rings is 1. The second-order valence-corrected chi connectivity index (χ2v) is 1.75. The second-order valence-electron chi connectivity index (χ2n) is 1.39. The number of aromatic nitrogens is 1. The van der Waals surface area contributed by atoms with Crippen LogP contribution in [0.3, 0.4) is 0 Å². The van der Waals surface area contributed by atoms with Crippen molar-refractivity contribution in [3.8, 4) is 6.07 Å². The summed E-state index contributed by atoms with van der Waals surface area (Å²) in [5, 5.41) is 8.54. The van der Waals surface area contributed by atoms with Crippen LogP contribution in [0.5, 0.6) is 0 Å². The molecule has 52 valence electrons. The third kappa shape index (κ3) is 3.78. The van der Waals surface area contributed by atoms with Gasteiger partial charge in [-0.1, -0.05) is 6.20 Å². The van der Waals surface area contributed by atoms with Gasteiger partial charge in [-0.25, -0.2) is 0 Å². The van der Waals surface area contributed by atoms with Gasteiger partial charge in [0.25, 0.3) is 0 Å². The summed E-state index contributed by atoms with van der Waals surface area (Å²) in [5.41, 5.74) is 0.385. The summed E-state index contributed by atoms with van der Waals surface area (Å²) in [7, 11) is 0. The second kappa shape index (κ2) is 6.68. The molecule has 0 fully saturated rings. The van der Waals surface area contributed by atoms with Crippen LogP contribution in [0, 0.1) is 17.5 Å². The van der Waals surface area contributed by atoms with Crippen molar-refractivity contribution in [2.75, 3.05) is 0 Å². The molecule has 5 heteroatoms. The Morgan fingerprint density at radius 2 is 2.27 bits per heavy atom. The monoisotopic (exact) mass is 196 g/mol. The van der Waals surface area contributed by atoms with E-state index in [1.807, 2.05) is 6.07 Å². The van der Waals surface area contributed by atoms with Gasteiger partial charge >= 0.3 is 23.1 Å². The van der Waals surface area contributed by atoms with Gasteiger partial charge in [0.05, 0.1) is 6.07 Å². The van der Waals surface area contributed by atoms with E-state index < -0.39 is 0 Å². The topological polar surface area (TPSA) is 36.7 Å². The molecule has 0 saturated heterocycles. The molecule has 0 aromatic carbocycles. The predicted molar refractivity (Wildman–Crippen MR) is 38.6 cm³/mol. The Hall–Kier alpha value is -0.0138. The Bertz CT molecular complexity index is 259. The Labute approximate surface area is 92.1 Å². The van der Waals surface area contributed by atoms with Crippen molar-refractivity contribution >= 4 is 34.7 Å². The maximum atomic E-state index is 8.33. The molecule has 2 nitrogen and oxygen atoms in total. The minimum Gasteiger partial charge on any atom is -1.00 e. The Morgan fingerprint density at radius 1 is 1.64 bits per heavy atom. The van der Waals surface area contributed by atoms with Crippen LogP contribution in [-0.4, -0.2) is 28.0 Å². The van der Waals surface area contributed by atoms with Crippen LogP contribution in [-0.2, 0) is 0 Å². The Balaban J connectivity index is 0. The smallest absolute Gasteiger partial charge is 1.00 e. The van der Waals surface area contributed by atoms with Crippen molar-refractivity contribution in [1.29, 1.82) is 5.26 Å². The summed E-state index contributed by atoms with van der Waals surface area (Å²) in [6.45, 7) is 0. The molecule has 0 saturated carbocycles. The molecule has 0 atom stereocenters. The summed E-state index contributed by atoms with van der Waals surface area (Å²) in [5.74, 6) is 0. The number of rotatable bonds is 0. The first-order chi connectivity index (χ1) is 4.34.